The van der Waals surface area contributed by atoms with E-state index in [0.717, 1.165) is 16.5 Å². The number of nitrogens with zero attached hydrogens (tertiary/aromatic N) is 1. The Morgan fingerprint density at radius 3 is 2.67 bits per heavy atom. The summed E-state index contributed by atoms with van der Waals surface area (Å²) in [6.45, 7) is 0. The zero-order valence-corrected chi connectivity index (χ0v) is 15.2. The Morgan fingerprint density at radius 1 is 1.11 bits per heavy atom. The number of anilines is 2. The van der Waals surface area contributed by atoms with E-state index in [0.29, 0.717) is 16.5 Å². The molecule has 0 atom stereocenters. The van der Waals surface area contributed by atoms with Crippen LogP contribution in [0.25, 0.3) is 10.8 Å². The van der Waals surface area contributed by atoms with E-state index in [4.69, 9.17) is 16.3 Å². The van der Waals surface area contributed by atoms with E-state index >= 15 is 0 Å². The number of halogens is 1. The summed E-state index contributed by atoms with van der Waals surface area (Å²) < 4.78 is 5.20. The largest absolute Gasteiger partial charge is 0.495 e. The van der Waals surface area contributed by atoms with Gasteiger partial charge in [-0.05, 0) is 29.7 Å². The third-order valence-corrected chi connectivity index (χ3v) is 4.17. The molecule has 3 rings (SSSR count). The molecule has 2 N–H and O–H groups in total. The highest BCUT2D eigenvalue weighted by molar-refractivity contribution is 6.31. The van der Waals surface area contributed by atoms with Crippen molar-refractivity contribution in [3.8, 4) is 11.8 Å². The van der Waals surface area contributed by atoms with Crippen LogP contribution in [0, 0.1) is 11.3 Å². The van der Waals surface area contributed by atoms with E-state index in [1.165, 1.54) is 13.3 Å². The number of hydrogen-bond donors (Lipinski definition) is 2. The second-order valence-corrected chi connectivity index (χ2v) is 6.08. The van der Waals surface area contributed by atoms with Crippen LogP contribution in [0.3, 0.4) is 0 Å². The van der Waals surface area contributed by atoms with Crippen LogP contribution in [0.2, 0.25) is 5.02 Å². The fraction of sp³-hybridized carbons (Fsp3) is 0.0476. The molecule has 3 aromatic rings. The van der Waals surface area contributed by atoms with Crippen LogP contribution in [-0.2, 0) is 4.79 Å². The summed E-state index contributed by atoms with van der Waals surface area (Å²) in [6.07, 6.45) is 1.38. The molecule has 0 saturated carbocycles. The Labute approximate surface area is 161 Å². The molecule has 1 amide bonds. The average molecular weight is 378 g/mol. The number of benzene rings is 3. The third-order valence-electron chi connectivity index (χ3n) is 3.94. The summed E-state index contributed by atoms with van der Waals surface area (Å²) in [5, 5.41) is 17.6. The maximum Gasteiger partial charge on any atom is 0.267 e. The predicted octanol–water partition coefficient (Wildman–Crippen LogP) is 4.96. The maximum absolute atomic E-state index is 12.5. The highest BCUT2D eigenvalue weighted by Gasteiger charge is 2.13. The number of fused-ring (bicyclic) bond motifs is 1. The summed E-state index contributed by atoms with van der Waals surface area (Å²) in [4.78, 5) is 12.5. The smallest absolute Gasteiger partial charge is 0.267 e. The average Bonchev–Trinajstić information content (AvgIpc) is 2.68. The van der Waals surface area contributed by atoms with Crippen molar-refractivity contribution in [1.82, 2.24) is 0 Å². The Bertz CT molecular complexity index is 1070. The second-order valence-electron chi connectivity index (χ2n) is 5.64. The van der Waals surface area contributed by atoms with Crippen LogP contribution >= 0.6 is 11.6 Å². The van der Waals surface area contributed by atoms with E-state index in [2.05, 4.69) is 10.6 Å². The van der Waals surface area contributed by atoms with Crippen LogP contribution in [0.4, 0.5) is 11.4 Å². The van der Waals surface area contributed by atoms with Gasteiger partial charge in [0.25, 0.3) is 5.91 Å². The van der Waals surface area contributed by atoms with Gasteiger partial charge < -0.3 is 15.4 Å². The van der Waals surface area contributed by atoms with Crippen molar-refractivity contribution in [2.75, 3.05) is 17.7 Å². The number of carbonyl (C=O) groups excluding carboxylic acids is 1. The molecule has 0 saturated heterocycles. The molecule has 0 heterocycles. The SMILES string of the molecule is COc1ccc(Cl)cc1NC(=O)/C(C#N)=C\Nc1cccc2ccccc12. The van der Waals surface area contributed by atoms with Gasteiger partial charge in [0.1, 0.15) is 17.4 Å². The van der Waals surface area contributed by atoms with Crippen LogP contribution in [-0.4, -0.2) is 13.0 Å². The number of rotatable bonds is 5. The van der Waals surface area contributed by atoms with Gasteiger partial charge in [0, 0.05) is 22.3 Å². The highest BCUT2D eigenvalue weighted by Crippen LogP contribution is 2.28. The van der Waals surface area contributed by atoms with Crippen LogP contribution < -0.4 is 15.4 Å². The van der Waals surface area contributed by atoms with Crippen molar-refractivity contribution in [3.05, 3.63) is 77.5 Å². The van der Waals surface area contributed by atoms with Gasteiger partial charge in [-0.1, -0.05) is 48.0 Å². The zero-order valence-electron chi connectivity index (χ0n) is 14.5. The van der Waals surface area contributed by atoms with Gasteiger partial charge in [0.05, 0.1) is 12.8 Å². The number of carbonyl (C=O) groups is 1. The third kappa shape index (κ3) is 4.20. The molecule has 3 aromatic carbocycles. The molecule has 0 aliphatic heterocycles. The molecule has 134 valence electrons. The fourth-order valence-corrected chi connectivity index (χ4v) is 2.79. The van der Waals surface area contributed by atoms with Gasteiger partial charge >= 0.3 is 0 Å². The summed E-state index contributed by atoms with van der Waals surface area (Å²) in [6, 6.07) is 20.4. The lowest BCUT2D eigenvalue weighted by molar-refractivity contribution is -0.112. The molecule has 27 heavy (non-hydrogen) atoms. The second kappa shape index (κ2) is 8.26. The summed E-state index contributed by atoms with van der Waals surface area (Å²) in [5.74, 6) is -0.113. The lowest BCUT2D eigenvalue weighted by atomic mass is 10.1. The first-order valence-corrected chi connectivity index (χ1v) is 8.49. The van der Waals surface area contributed by atoms with Gasteiger partial charge in [-0.2, -0.15) is 5.26 Å². The molecule has 5 nitrogen and oxygen atoms in total. The van der Waals surface area contributed by atoms with E-state index in [1.807, 2.05) is 48.5 Å². The van der Waals surface area contributed by atoms with Crippen molar-refractivity contribution in [1.29, 1.82) is 5.26 Å². The quantitative estimate of drug-likeness (QED) is 0.486. The molecule has 6 heteroatoms. The lowest BCUT2D eigenvalue weighted by Crippen LogP contribution is -2.15. The Hall–Kier alpha value is -3.49. The van der Waals surface area contributed by atoms with Crippen molar-refractivity contribution >= 4 is 39.7 Å². The van der Waals surface area contributed by atoms with E-state index < -0.39 is 5.91 Å². The van der Waals surface area contributed by atoms with Gasteiger partial charge in [0.2, 0.25) is 0 Å². The molecule has 0 fully saturated rings. The topological polar surface area (TPSA) is 74.1 Å². The number of amides is 1. The lowest BCUT2D eigenvalue weighted by Gasteiger charge is -2.10. The molecule has 0 aliphatic carbocycles. The van der Waals surface area contributed by atoms with Crippen molar-refractivity contribution in [3.63, 3.8) is 0 Å². The summed E-state index contributed by atoms with van der Waals surface area (Å²) in [7, 11) is 1.49. The highest BCUT2D eigenvalue weighted by atomic mass is 35.5. The van der Waals surface area contributed by atoms with E-state index in [-0.39, 0.29) is 5.57 Å². The minimum Gasteiger partial charge on any atom is -0.495 e. The van der Waals surface area contributed by atoms with Gasteiger partial charge in [-0.3, -0.25) is 4.79 Å². The molecule has 0 aromatic heterocycles. The Kier molecular flexibility index (Phi) is 5.60. The zero-order chi connectivity index (χ0) is 19.2. The summed E-state index contributed by atoms with van der Waals surface area (Å²) in [5.41, 5.74) is 1.11. The Balaban J connectivity index is 1.83. The first kappa shape index (κ1) is 18.3. The minimum absolute atomic E-state index is 0.0787. The normalized spacial score (nSPS) is 10.9. The fourth-order valence-electron chi connectivity index (χ4n) is 2.62. The molecular weight excluding hydrogens is 362 g/mol. The van der Waals surface area contributed by atoms with Crippen molar-refractivity contribution < 1.29 is 9.53 Å². The molecule has 0 aliphatic rings. The summed E-state index contributed by atoms with van der Waals surface area (Å²) >= 11 is 5.97. The number of methoxy groups -OCH3 is 1. The molecular formula is C21H16ClN3O2. The minimum atomic E-state index is -0.564. The monoisotopic (exact) mass is 377 g/mol. The van der Waals surface area contributed by atoms with Gasteiger partial charge in [-0.15, -0.1) is 0 Å². The van der Waals surface area contributed by atoms with Gasteiger partial charge in [0.15, 0.2) is 0 Å². The van der Waals surface area contributed by atoms with Crippen LogP contribution in [0.5, 0.6) is 5.75 Å². The maximum atomic E-state index is 12.5. The van der Waals surface area contributed by atoms with Crippen molar-refractivity contribution in [2.45, 2.75) is 0 Å². The number of ether oxygens (including phenoxy) is 1. The predicted molar refractivity (Wildman–Crippen MR) is 108 cm³/mol. The molecule has 0 bridgehead atoms. The van der Waals surface area contributed by atoms with Crippen molar-refractivity contribution in [2.24, 2.45) is 0 Å². The molecule has 0 unspecified atom stereocenters. The number of nitrogens with one attached hydrogen (secondary N) is 2. The van der Waals surface area contributed by atoms with E-state index in [9.17, 15) is 10.1 Å². The van der Waals surface area contributed by atoms with E-state index in [1.54, 1.807) is 18.2 Å². The molecule has 0 spiro atoms. The first-order chi connectivity index (χ1) is 13.1. The van der Waals surface area contributed by atoms with Crippen LogP contribution in [0.15, 0.2) is 72.4 Å². The Morgan fingerprint density at radius 2 is 1.89 bits per heavy atom. The number of hydrogen-bond acceptors (Lipinski definition) is 4. The van der Waals surface area contributed by atoms with Gasteiger partial charge in [-0.25, -0.2) is 0 Å². The molecule has 0 radical (unpaired) electrons. The standard InChI is InChI=1S/C21H16ClN3O2/c1-27-20-10-9-16(22)11-19(20)25-21(26)15(12-23)13-24-18-8-4-6-14-5-2-3-7-17(14)18/h2-11,13,24H,1H3,(H,25,26)/b15-13-. The first-order valence-electron chi connectivity index (χ1n) is 8.12. The van der Waals surface area contributed by atoms with Crippen LogP contribution in [0.1, 0.15) is 0 Å². The number of nitriles is 1.